The number of nitrogens with zero attached hydrogens (tertiary/aromatic N) is 1. The number of carbonyl (C=O) groups is 1. The average molecular weight is 225 g/mol. The molecule has 1 aliphatic heterocycles. The molecule has 0 radical (unpaired) electrons. The Morgan fingerprint density at radius 3 is 2.62 bits per heavy atom. The van der Waals surface area contributed by atoms with Gasteiger partial charge in [-0.15, -0.1) is 0 Å². The quantitative estimate of drug-likeness (QED) is 0.798. The van der Waals surface area contributed by atoms with Gasteiger partial charge in [-0.2, -0.15) is 0 Å². The van der Waals surface area contributed by atoms with Crippen LogP contribution in [0.15, 0.2) is 0 Å². The van der Waals surface area contributed by atoms with Gasteiger partial charge in [-0.25, -0.2) is 0 Å². The fourth-order valence-electron chi connectivity index (χ4n) is 3.14. The Bertz CT molecular complexity index is 250. The second kappa shape index (κ2) is 5.17. The lowest BCUT2D eigenvalue weighted by atomic mass is 9.91. The molecule has 2 rings (SSSR count). The molecular weight excluding hydrogens is 202 g/mol. The molecule has 1 N–H and O–H groups in total. The van der Waals surface area contributed by atoms with E-state index in [1.54, 1.807) is 0 Å². The van der Waals surface area contributed by atoms with Gasteiger partial charge < -0.3 is 5.11 Å². The zero-order valence-electron chi connectivity index (χ0n) is 10.2. The number of likely N-dealkylation sites (tertiary alicyclic amines) is 1. The zero-order valence-corrected chi connectivity index (χ0v) is 10.2. The number of hydrogen-bond donors (Lipinski definition) is 1. The van der Waals surface area contributed by atoms with E-state index in [1.165, 1.54) is 19.3 Å². The van der Waals surface area contributed by atoms with Crippen molar-refractivity contribution in [2.75, 3.05) is 13.1 Å². The van der Waals surface area contributed by atoms with Gasteiger partial charge in [0, 0.05) is 6.04 Å². The fraction of sp³-hybridized carbons (Fsp3) is 0.923. The SMILES string of the molecule is CCCN1CCCC[C@H](C(=O)O)[C@H]1C1CC1. The number of carboxylic acids is 1. The van der Waals surface area contributed by atoms with Crippen LogP contribution in [0.3, 0.4) is 0 Å². The first-order chi connectivity index (χ1) is 7.74. The molecule has 3 nitrogen and oxygen atoms in total. The van der Waals surface area contributed by atoms with Crippen LogP contribution in [0.4, 0.5) is 0 Å². The lowest BCUT2D eigenvalue weighted by Crippen LogP contribution is -2.44. The first-order valence-electron chi connectivity index (χ1n) is 6.71. The first kappa shape index (κ1) is 11.9. The summed E-state index contributed by atoms with van der Waals surface area (Å²) in [4.78, 5) is 13.8. The van der Waals surface area contributed by atoms with Gasteiger partial charge in [0.2, 0.25) is 0 Å². The van der Waals surface area contributed by atoms with Gasteiger partial charge in [-0.3, -0.25) is 9.69 Å². The topological polar surface area (TPSA) is 40.5 Å². The first-order valence-corrected chi connectivity index (χ1v) is 6.71. The van der Waals surface area contributed by atoms with E-state index >= 15 is 0 Å². The van der Waals surface area contributed by atoms with E-state index in [2.05, 4.69) is 11.8 Å². The van der Waals surface area contributed by atoms with Crippen molar-refractivity contribution in [2.45, 2.75) is 51.5 Å². The molecule has 2 atom stereocenters. The third kappa shape index (κ3) is 2.57. The normalized spacial score (nSPS) is 32.3. The van der Waals surface area contributed by atoms with Crippen molar-refractivity contribution in [3.8, 4) is 0 Å². The summed E-state index contributed by atoms with van der Waals surface area (Å²) >= 11 is 0. The summed E-state index contributed by atoms with van der Waals surface area (Å²) in [6.07, 6.45) is 6.77. The molecule has 2 fully saturated rings. The van der Waals surface area contributed by atoms with Gasteiger partial charge in [0.15, 0.2) is 0 Å². The van der Waals surface area contributed by atoms with Gasteiger partial charge in [-0.1, -0.05) is 13.3 Å². The largest absolute Gasteiger partial charge is 0.481 e. The van der Waals surface area contributed by atoms with Gasteiger partial charge in [0.1, 0.15) is 0 Å². The van der Waals surface area contributed by atoms with E-state index in [-0.39, 0.29) is 5.92 Å². The maximum absolute atomic E-state index is 11.4. The van der Waals surface area contributed by atoms with Gasteiger partial charge >= 0.3 is 5.97 Å². The molecule has 3 heteroatoms. The van der Waals surface area contributed by atoms with Crippen molar-refractivity contribution < 1.29 is 9.90 Å². The van der Waals surface area contributed by atoms with Crippen LogP contribution in [-0.2, 0) is 4.79 Å². The molecule has 1 heterocycles. The Morgan fingerprint density at radius 2 is 2.06 bits per heavy atom. The van der Waals surface area contributed by atoms with Crippen LogP contribution in [0.5, 0.6) is 0 Å². The second-order valence-corrected chi connectivity index (χ2v) is 5.30. The summed E-state index contributed by atoms with van der Waals surface area (Å²) in [5, 5.41) is 9.37. The standard InChI is InChI=1S/C13H23NO2/c1-2-8-14-9-4-3-5-11(13(15)16)12(14)10-6-7-10/h10-12H,2-9H2,1H3,(H,15,16)/t11-,12+/m0/s1. The minimum atomic E-state index is -0.570. The number of carboxylic acid groups (broad SMARTS) is 1. The summed E-state index contributed by atoms with van der Waals surface area (Å²) < 4.78 is 0. The molecule has 0 aromatic heterocycles. The molecule has 92 valence electrons. The average Bonchev–Trinajstić information content (AvgIpc) is 3.02. The van der Waals surface area contributed by atoms with Crippen molar-refractivity contribution in [3.63, 3.8) is 0 Å². The number of rotatable bonds is 4. The minimum Gasteiger partial charge on any atom is -0.481 e. The Balaban J connectivity index is 2.11. The molecule has 0 unspecified atom stereocenters. The van der Waals surface area contributed by atoms with Crippen molar-refractivity contribution in [1.82, 2.24) is 4.90 Å². The maximum Gasteiger partial charge on any atom is 0.308 e. The summed E-state index contributed by atoms with van der Waals surface area (Å²) in [5.74, 6) is -0.00722. The monoisotopic (exact) mass is 225 g/mol. The van der Waals surface area contributed by atoms with E-state index in [4.69, 9.17) is 0 Å². The minimum absolute atomic E-state index is 0.110. The molecule has 1 saturated carbocycles. The van der Waals surface area contributed by atoms with Gasteiger partial charge in [0.05, 0.1) is 5.92 Å². The van der Waals surface area contributed by atoms with Gasteiger partial charge in [0.25, 0.3) is 0 Å². The molecule has 0 amide bonds. The summed E-state index contributed by atoms with van der Waals surface area (Å²) in [7, 11) is 0. The Kier molecular flexibility index (Phi) is 3.85. The number of hydrogen-bond acceptors (Lipinski definition) is 2. The van der Waals surface area contributed by atoms with Crippen LogP contribution in [0.2, 0.25) is 0 Å². The Labute approximate surface area is 97.8 Å². The highest BCUT2D eigenvalue weighted by molar-refractivity contribution is 5.71. The smallest absolute Gasteiger partial charge is 0.308 e. The van der Waals surface area contributed by atoms with Crippen LogP contribution in [0.25, 0.3) is 0 Å². The zero-order chi connectivity index (χ0) is 11.5. The Hall–Kier alpha value is -0.570. The van der Waals surface area contributed by atoms with Crippen LogP contribution in [0.1, 0.15) is 45.4 Å². The second-order valence-electron chi connectivity index (χ2n) is 5.30. The highest BCUT2D eigenvalue weighted by atomic mass is 16.4. The van der Waals surface area contributed by atoms with E-state index in [9.17, 15) is 9.90 Å². The summed E-state index contributed by atoms with van der Waals surface area (Å²) in [6, 6.07) is 0.333. The van der Waals surface area contributed by atoms with Crippen LogP contribution >= 0.6 is 0 Å². The molecule has 1 saturated heterocycles. The van der Waals surface area contributed by atoms with Crippen molar-refractivity contribution in [1.29, 1.82) is 0 Å². The van der Waals surface area contributed by atoms with E-state index in [0.717, 1.165) is 32.4 Å². The molecule has 0 bridgehead atoms. The molecular formula is C13H23NO2. The molecule has 0 aromatic carbocycles. The van der Waals surface area contributed by atoms with Gasteiger partial charge in [-0.05, 0) is 51.1 Å². The predicted octanol–water partition coefficient (Wildman–Crippen LogP) is 2.36. The maximum atomic E-state index is 11.4. The highest BCUT2D eigenvalue weighted by Crippen LogP contribution is 2.41. The highest BCUT2D eigenvalue weighted by Gasteiger charge is 2.43. The molecule has 1 aliphatic carbocycles. The molecule has 0 spiro atoms. The Morgan fingerprint density at radius 1 is 1.31 bits per heavy atom. The summed E-state index contributed by atoms with van der Waals surface area (Å²) in [5.41, 5.74) is 0. The van der Waals surface area contributed by atoms with E-state index < -0.39 is 5.97 Å². The fourth-order valence-corrected chi connectivity index (χ4v) is 3.14. The van der Waals surface area contributed by atoms with Crippen LogP contribution in [-0.4, -0.2) is 35.1 Å². The molecule has 2 aliphatic rings. The summed E-state index contributed by atoms with van der Waals surface area (Å²) in [6.45, 7) is 4.37. The third-order valence-corrected chi connectivity index (χ3v) is 3.98. The van der Waals surface area contributed by atoms with Crippen LogP contribution in [0, 0.1) is 11.8 Å². The number of aliphatic carboxylic acids is 1. The predicted molar refractivity (Wildman–Crippen MR) is 63.4 cm³/mol. The van der Waals surface area contributed by atoms with E-state index in [0.29, 0.717) is 12.0 Å². The van der Waals surface area contributed by atoms with Crippen molar-refractivity contribution in [2.24, 2.45) is 11.8 Å². The van der Waals surface area contributed by atoms with Crippen molar-refractivity contribution in [3.05, 3.63) is 0 Å². The third-order valence-electron chi connectivity index (χ3n) is 3.98. The lowest BCUT2D eigenvalue weighted by Gasteiger charge is -2.33. The van der Waals surface area contributed by atoms with E-state index in [1.807, 2.05) is 0 Å². The van der Waals surface area contributed by atoms with Crippen molar-refractivity contribution >= 4 is 5.97 Å². The molecule has 0 aromatic rings. The van der Waals surface area contributed by atoms with Crippen LogP contribution < -0.4 is 0 Å². The lowest BCUT2D eigenvalue weighted by molar-refractivity contribution is -0.144. The molecule has 16 heavy (non-hydrogen) atoms.